The minimum absolute atomic E-state index is 0.0775. The van der Waals surface area contributed by atoms with Gasteiger partial charge in [-0.3, -0.25) is 0 Å². The molecule has 0 unspecified atom stereocenters. The van der Waals surface area contributed by atoms with Crippen molar-refractivity contribution in [2.24, 2.45) is 11.1 Å². The highest BCUT2D eigenvalue weighted by Gasteiger charge is 2.72. The molecule has 3 atom stereocenters. The van der Waals surface area contributed by atoms with E-state index >= 15 is 0 Å². The zero-order chi connectivity index (χ0) is 15.8. The van der Waals surface area contributed by atoms with Gasteiger partial charge in [-0.2, -0.15) is 0 Å². The second-order valence-electron chi connectivity index (χ2n) is 5.60. The molecule has 0 aromatic heterocycles. The first-order valence-corrected chi connectivity index (χ1v) is 9.00. The van der Waals surface area contributed by atoms with E-state index in [4.69, 9.17) is 22.7 Å². The lowest BCUT2D eigenvalue weighted by molar-refractivity contribution is 0.166. The number of nitrogens with two attached hydrogens (primary N) is 1. The summed E-state index contributed by atoms with van der Waals surface area (Å²) in [5.41, 5.74) is 7.20. The summed E-state index contributed by atoms with van der Waals surface area (Å²) in [4.78, 5) is 0.219. The van der Waals surface area contributed by atoms with E-state index in [0.29, 0.717) is 0 Å². The van der Waals surface area contributed by atoms with Gasteiger partial charge in [0, 0.05) is 18.8 Å². The van der Waals surface area contributed by atoms with Crippen LogP contribution >= 0.6 is 12.2 Å². The summed E-state index contributed by atoms with van der Waals surface area (Å²) in [5, 5.41) is -0.588. The molecule has 6 heteroatoms. The van der Waals surface area contributed by atoms with Crippen molar-refractivity contribution in [1.29, 1.82) is 0 Å². The fraction of sp³-hybridized carbons (Fsp3) is 0.533. The molecular formula is C15H21NO3S2. The fourth-order valence-corrected chi connectivity index (χ4v) is 5.60. The van der Waals surface area contributed by atoms with Gasteiger partial charge in [0.15, 0.2) is 9.84 Å². The first-order valence-electron chi connectivity index (χ1n) is 6.88. The van der Waals surface area contributed by atoms with Crippen molar-refractivity contribution in [3.63, 3.8) is 0 Å². The SMILES string of the molecule is CCS(=O)(=O)[C@@H]1[C@@H](c2ccc(C)cc2)[C@]1(COC)C(N)=S. The van der Waals surface area contributed by atoms with Crippen LogP contribution in [0.5, 0.6) is 0 Å². The minimum Gasteiger partial charge on any atom is -0.393 e. The maximum atomic E-state index is 12.4. The number of ether oxygens (including phenoxy) is 1. The standard InChI is InChI=1S/C15H21NO3S2/c1-4-21(17,18)13-12(11-7-5-10(2)6-8-11)15(13,9-19-3)14(16)20/h5-8,12-13H,4,9H2,1-3H3,(H2,16,20)/t12-,13-,15+/m1/s1. The molecule has 1 aliphatic rings. The van der Waals surface area contributed by atoms with Gasteiger partial charge in [-0.25, -0.2) is 8.42 Å². The van der Waals surface area contributed by atoms with Gasteiger partial charge in [-0.05, 0) is 12.5 Å². The van der Waals surface area contributed by atoms with Crippen LogP contribution in [0.3, 0.4) is 0 Å². The van der Waals surface area contributed by atoms with Crippen LogP contribution < -0.4 is 5.73 Å². The Hall–Kier alpha value is -0.980. The lowest BCUT2D eigenvalue weighted by atomic mass is 9.99. The van der Waals surface area contributed by atoms with E-state index in [0.717, 1.165) is 11.1 Å². The van der Waals surface area contributed by atoms with Gasteiger partial charge in [-0.1, -0.05) is 49.0 Å². The molecule has 1 aromatic rings. The number of aryl methyl sites for hydroxylation is 1. The van der Waals surface area contributed by atoms with Crippen LogP contribution in [0.25, 0.3) is 0 Å². The molecule has 21 heavy (non-hydrogen) atoms. The van der Waals surface area contributed by atoms with E-state index in [1.807, 2.05) is 31.2 Å². The summed E-state index contributed by atoms with van der Waals surface area (Å²) in [5.74, 6) is -0.144. The number of hydrogen-bond acceptors (Lipinski definition) is 4. The highest BCUT2D eigenvalue weighted by atomic mass is 32.2. The van der Waals surface area contributed by atoms with Gasteiger partial charge >= 0.3 is 0 Å². The molecule has 0 amide bonds. The van der Waals surface area contributed by atoms with Crippen molar-refractivity contribution in [3.8, 4) is 0 Å². The molecule has 0 spiro atoms. The summed E-state index contributed by atoms with van der Waals surface area (Å²) < 4.78 is 30.1. The Morgan fingerprint density at radius 2 is 1.95 bits per heavy atom. The number of benzene rings is 1. The lowest BCUT2D eigenvalue weighted by Crippen LogP contribution is -2.33. The van der Waals surface area contributed by atoms with Crippen LogP contribution in [0.15, 0.2) is 24.3 Å². The van der Waals surface area contributed by atoms with Crippen molar-refractivity contribution < 1.29 is 13.2 Å². The maximum absolute atomic E-state index is 12.4. The Bertz CT molecular complexity index is 639. The smallest absolute Gasteiger partial charge is 0.154 e. The molecule has 0 saturated heterocycles. The largest absolute Gasteiger partial charge is 0.393 e. The number of thiocarbonyl (C=S) groups is 1. The van der Waals surface area contributed by atoms with Crippen molar-refractivity contribution in [3.05, 3.63) is 35.4 Å². The minimum atomic E-state index is -3.25. The van der Waals surface area contributed by atoms with Crippen molar-refractivity contribution in [1.82, 2.24) is 0 Å². The van der Waals surface area contributed by atoms with Crippen LogP contribution in [0.1, 0.15) is 24.0 Å². The fourth-order valence-electron chi connectivity index (χ4n) is 3.13. The average molecular weight is 327 g/mol. The van der Waals surface area contributed by atoms with Crippen LogP contribution in [0.4, 0.5) is 0 Å². The van der Waals surface area contributed by atoms with Gasteiger partial charge in [0.1, 0.15) is 0 Å². The van der Waals surface area contributed by atoms with Crippen LogP contribution in [0.2, 0.25) is 0 Å². The normalized spacial score (nSPS) is 28.3. The van der Waals surface area contributed by atoms with E-state index in [2.05, 4.69) is 0 Å². The molecular weight excluding hydrogens is 306 g/mol. The Morgan fingerprint density at radius 1 is 1.38 bits per heavy atom. The topological polar surface area (TPSA) is 69.4 Å². The third-order valence-corrected chi connectivity index (χ3v) is 6.98. The van der Waals surface area contributed by atoms with Gasteiger partial charge < -0.3 is 10.5 Å². The van der Waals surface area contributed by atoms with Crippen molar-refractivity contribution in [2.45, 2.75) is 25.0 Å². The van der Waals surface area contributed by atoms with Gasteiger partial charge in [-0.15, -0.1) is 0 Å². The molecule has 1 fully saturated rings. The molecule has 1 saturated carbocycles. The van der Waals surface area contributed by atoms with E-state index in [9.17, 15) is 8.42 Å². The lowest BCUT2D eigenvalue weighted by Gasteiger charge is -2.15. The molecule has 116 valence electrons. The van der Waals surface area contributed by atoms with Crippen molar-refractivity contribution in [2.75, 3.05) is 19.5 Å². The number of methoxy groups -OCH3 is 1. The highest BCUT2D eigenvalue weighted by molar-refractivity contribution is 7.92. The zero-order valence-electron chi connectivity index (χ0n) is 12.5. The number of hydrogen-bond donors (Lipinski definition) is 1. The molecule has 4 nitrogen and oxygen atoms in total. The maximum Gasteiger partial charge on any atom is 0.154 e. The quantitative estimate of drug-likeness (QED) is 0.807. The molecule has 1 aromatic carbocycles. The first kappa shape index (κ1) is 16.4. The summed E-state index contributed by atoms with van der Waals surface area (Å²) in [6.07, 6.45) is 0. The summed E-state index contributed by atoms with van der Waals surface area (Å²) >= 11 is 5.19. The van der Waals surface area contributed by atoms with E-state index in [1.54, 1.807) is 14.0 Å². The van der Waals surface area contributed by atoms with Crippen LogP contribution in [0, 0.1) is 12.3 Å². The molecule has 2 rings (SSSR count). The summed E-state index contributed by atoms with van der Waals surface area (Å²) in [7, 11) is -1.71. The zero-order valence-corrected chi connectivity index (χ0v) is 14.1. The van der Waals surface area contributed by atoms with Gasteiger partial charge in [0.05, 0.1) is 22.3 Å². The molecule has 1 aliphatic carbocycles. The molecule has 0 heterocycles. The van der Waals surface area contributed by atoms with Crippen LogP contribution in [-0.4, -0.2) is 38.1 Å². The van der Waals surface area contributed by atoms with Gasteiger partial charge in [0.2, 0.25) is 0 Å². The van der Waals surface area contributed by atoms with E-state index in [1.165, 1.54) is 0 Å². The summed E-state index contributed by atoms with van der Waals surface area (Å²) in [6.45, 7) is 3.87. The second-order valence-corrected chi connectivity index (χ2v) is 8.45. The predicted octanol–water partition coefficient (Wildman–Crippen LogP) is 1.81. The monoisotopic (exact) mass is 327 g/mol. The third-order valence-electron chi connectivity index (χ3n) is 4.32. The number of rotatable bonds is 6. The molecule has 0 radical (unpaired) electrons. The Morgan fingerprint density at radius 3 is 2.38 bits per heavy atom. The van der Waals surface area contributed by atoms with Crippen molar-refractivity contribution >= 4 is 27.0 Å². The Kier molecular flexibility index (Phi) is 4.42. The predicted molar refractivity (Wildman–Crippen MR) is 88.3 cm³/mol. The third kappa shape index (κ3) is 2.60. The summed E-state index contributed by atoms with van der Waals surface area (Å²) in [6, 6.07) is 7.85. The molecule has 0 aliphatic heterocycles. The number of sulfone groups is 1. The molecule has 0 bridgehead atoms. The van der Waals surface area contributed by atoms with Gasteiger partial charge in [0.25, 0.3) is 0 Å². The Labute approximate surface area is 131 Å². The van der Waals surface area contributed by atoms with E-state index in [-0.39, 0.29) is 23.3 Å². The Balaban J connectivity index is 2.51. The average Bonchev–Trinajstić information content (AvgIpc) is 3.11. The van der Waals surface area contributed by atoms with Crippen LogP contribution in [-0.2, 0) is 14.6 Å². The second kappa shape index (κ2) is 5.66. The molecule has 2 N–H and O–H groups in total. The highest BCUT2D eigenvalue weighted by Crippen LogP contribution is 2.63. The first-order chi connectivity index (χ1) is 9.81. The van der Waals surface area contributed by atoms with E-state index < -0.39 is 20.5 Å².